The van der Waals surface area contributed by atoms with Crippen LogP contribution in [0.4, 0.5) is 0 Å². The fourth-order valence-electron chi connectivity index (χ4n) is 3.16. The second kappa shape index (κ2) is 5.89. The smallest absolute Gasteiger partial charge is 0.216 e. The second-order valence-electron chi connectivity index (χ2n) is 10.4. The predicted octanol–water partition coefficient (Wildman–Crippen LogP) is 5.86. The summed E-state index contributed by atoms with van der Waals surface area (Å²) < 4.78 is 6.17. The average molecular weight is 330 g/mol. The van der Waals surface area contributed by atoms with Gasteiger partial charge in [0.25, 0.3) is 0 Å². The Kier molecular flexibility index (Phi) is 4.67. The summed E-state index contributed by atoms with van der Waals surface area (Å²) in [5, 5.41) is 0. The normalized spacial score (nSPS) is 22.3. The molecule has 134 valence electrons. The molecule has 0 radical (unpaired) electrons. The van der Waals surface area contributed by atoms with E-state index in [2.05, 4.69) is 87.4 Å². The summed E-state index contributed by atoms with van der Waals surface area (Å²) in [4.78, 5) is 4.95. The molecule has 2 nitrogen and oxygen atoms in total. The zero-order valence-electron chi connectivity index (χ0n) is 17.2. The van der Waals surface area contributed by atoms with Crippen LogP contribution >= 0.6 is 0 Å². The summed E-state index contributed by atoms with van der Waals surface area (Å²) in [6, 6.07) is 7.05. The molecule has 0 N–H and O–H groups in total. The number of hydrogen-bond donors (Lipinski definition) is 0. The fourth-order valence-corrected chi connectivity index (χ4v) is 3.16. The number of ether oxygens (including phenoxy) is 1. The Labute approximate surface area is 148 Å². The van der Waals surface area contributed by atoms with Crippen molar-refractivity contribution in [1.29, 1.82) is 0 Å². The van der Waals surface area contributed by atoms with Crippen LogP contribution in [0, 0.1) is 5.41 Å². The van der Waals surface area contributed by atoms with Crippen molar-refractivity contribution < 1.29 is 4.74 Å². The van der Waals surface area contributed by atoms with Crippen molar-refractivity contribution >= 4 is 5.90 Å². The maximum Gasteiger partial charge on any atom is 0.216 e. The van der Waals surface area contributed by atoms with E-state index in [1.54, 1.807) is 0 Å². The average Bonchev–Trinajstić information content (AvgIpc) is 2.78. The number of hydrogen-bond acceptors (Lipinski definition) is 2. The number of nitrogens with zero attached hydrogens (tertiary/aromatic N) is 1. The summed E-state index contributed by atoms with van der Waals surface area (Å²) in [6.45, 7) is 22.4. The van der Waals surface area contributed by atoms with Crippen LogP contribution in [-0.4, -0.2) is 18.0 Å². The second-order valence-corrected chi connectivity index (χ2v) is 10.4. The van der Waals surface area contributed by atoms with E-state index in [-0.39, 0.29) is 28.4 Å². The van der Waals surface area contributed by atoms with Crippen molar-refractivity contribution in [2.24, 2.45) is 10.4 Å². The molecule has 2 atom stereocenters. The molecule has 24 heavy (non-hydrogen) atoms. The van der Waals surface area contributed by atoms with Crippen molar-refractivity contribution in [3.8, 4) is 0 Å². The summed E-state index contributed by atoms with van der Waals surface area (Å²) in [5.41, 5.74) is 4.10. The van der Waals surface area contributed by atoms with Crippen LogP contribution < -0.4 is 0 Å². The Morgan fingerprint density at radius 1 is 0.792 bits per heavy atom. The van der Waals surface area contributed by atoms with Gasteiger partial charge in [0.2, 0.25) is 5.90 Å². The van der Waals surface area contributed by atoms with E-state index in [0.29, 0.717) is 0 Å². The summed E-state index contributed by atoms with van der Waals surface area (Å²) >= 11 is 0. The van der Waals surface area contributed by atoms with E-state index in [4.69, 9.17) is 9.73 Å². The third-order valence-corrected chi connectivity index (χ3v) is 4.80. The maximum absolute atomic E-state index is 6.17. The van der Waals surface area contributed by atoms with E-state index in [9.17, 15) is 0 Å². The molecule has 0 fully saturated rings. The van der Waals surface area contributed by atoms with E-state index in [1.807, 2.05) is 0 Å². The van der Waals surface area contributed by atoms with Gasteiger partial charge in [0.05, 0.1) is 6.04 Å². The maximum atomic E-state index is 6.17. The lowest BCUT2D eigenvalue weighted by Gasteiger charge is -2.26. The molecule has 2 heteroatoms. The van der Waals surface area contributed by atoms with Gasteiger partial charge in [0.15, 0.2) is 0 Å². The SMILES string of the molecule is C[C@@H]1OC(c2cc(C(C)(C)C)cc(C(C)(C)C)c2)=N[C@@H]1C(C)(C)C. The third kappa shape index (κ3) is 4.02. The lowest BCUT2D eigenvalue weighted by Crippen LogP contribution is -2.32. The molecule has 1 heterocycles. The molecule has 0 aromatic heterocycles. The first kappa shape index (κ1) is 19.0. The van der Waals surface area contributed by atoms with Crippen LogP contribution in [0.1, 0.15) is 85.9 Å². The van der Waals surface area contributed by atoms with Gasteiger partial charge in [-0.15, -0.1) is 0 Å². The van der Waals surface area contributed by atoms with Crippen LogP contribution in [0.2, 0.25) is 0 Å². The first-order valence-electron chi connectivity index (χ1n) is 9.10. The molecule has 0 bridgehead atoms. The van der Waals surface area contributed by atoms with Crippen molar-refractivity contribution in [3.05, 3.63) is 34.9 Å². The highest BCUT2D eigenvalue weighted by Gasteiger charge is 2.37. The summed E-state index contributed by atoms with van der Waals surface area (Å²) in [6.07, 6.45) is 0.122. The Hall–Kier alpha value is -1.31. The minimum absolute atomic E-state index is 0.101. The van der Waals surface area contributed by atoms with Crippen LogP contribution in [0.5, 0.6) is 0 Å². The van der Waals surface area contributed by atoms with Gasteiger partial charge < -0.3 is 4.74 Å². The third-order valence-electron chi connectivity index (χ3n) is 4.80. The molecule has 1 aliphatic rings. The predicted molar refractivity (Wildman–Crippen MR) is 104 cm³/mol. The van der Waals surface area contributed by atoms with E-state index < -0.39 is 0 Å². The summed E-state index contributed by atoms with van der Waals surface area (Å²) in [5.74, 6) is 0.805. The molecule has 1 aliphatic heterocycles. The molecule has 1 aromatic rings. The van der Waals surface area contributed by atoms with Gasteiger partial charge in [-0.25, -0.2) is 4.99 Å². The topological polar surface area (TPSA) is 21.6 Å². The van der Waals surface area contributed by atoms with E-state index in [0.717, 1.165) is 11.5 Å². The van der Waals surface area contributed by atoms with Gasteiger partial charge in [-0.3, -0.25) is 0 Å². The van der Waals surface area contributed by atoms with Gasteiger partial charge in [-0.1, -0.05) is 68.4 Å². The zero-order chi connectivity index (χ0) is 18.5. The molecule has 0 aliphatic carbocycles. The highest BCUT2D eigenvalue weighted by Crippen LogP contribution is 2.34. The molecule has 0 amide bonds. The number of rotatable bonds is 1. The van der Waals surface area contributed by atoms with Gasteiger partial charge in [-0.05, 0) is 46.4 Å². The monoisotopic (exact) mass is 329 g/mol. The van der Waals surface area contributed by atoms with E-state index >= 15 is 0 Å². The standard InChI is InChI=1S/C22H35NO/c1-14-18(22(8,9)10)23-19(24-14)15-11-16(20(2,3)4)13-17(12-15)21(5,6)7/h11-14,18H,1-10H3/t14-,18-/m0/s1. The molecule has 0 saturated carbocycles. The highest BCUT2D eigenvalue weighted by atomic mass is 16.5. The van der Waals surface area contributed by atoms with Gasteiger partial charge in [0.1, 0.15) is 6.10 Å². The van der Waals surface area contributed by atoms with Crippen LogP contribution in [0.15, 0.2) is 23.2 Å². The Balaban J connectivity index is 2.55. The van der Waals surface area contributed by atoms with Gasteiger partial charge in [0, 0.05) is 5.56 Å². The van der Waals surface area contributed by atoms with Crippen molar-refractivity contribution in [2.45, 2.75) is 92.2 Å². The van der Waals surface area contributed by atoms with Crippen molar-refractivity contribution in [3.63, 3.8) is 0 Å². The minimum atomic E-state index is 0.101. The number of aliphatic imine (C=N–C) groups is 1. The van der Waals surface area contributed by atoms with Gasteiger partial charge in [-0.2, -0.15) is 0 Å². The van der Waals surface area contributed by atoms with Crippen LogP contribution in [-0.2, 0) is 15.6 Å². The fraction of sp³-hybridized carbons (Fsp3) is 0.682. The van der Waals surface area contributed by atoms with Gasteiger partial charge >= 0.3 is 0 Å². The summed E-state index contributed by atoms with van der Waals surface area (Å²) in [7, 11) is 0. The Morgan fingerprint density at radius 3 is 1.58 bits per heavy atom. The molecular formula is C22H35NO. The Bertz CT molecular complexity index is 603. The lowest BCUT2D eigenvalue weighted by molar-refractivity contribution is 0.154. The molecule has 0 unspecified atom stereocenters. The molecule has 2 rings (SSSR count). The first-order chi connectivity index (χ1) is 10.7. The van der Waals surface area contributed by atoms with E-state index in [1.165, 1.54) is 11.1 Å². The van der Waals surface area contributed by atoms with Crippen molar-refractivity contribution in [2.75, 3.05) is 0 Å². The van der Waals surface area contributed by atoms with Crippen LogP contribution in [0.3, 0.4) is 0 Å². The Morgan fingerprint density at radius 2 is 1.25 bits per heavy atom. The molecule has 1 aromatic carbocycles. The lowest BCUT2D eigenvalue weighted by atomic mass is 9.79. The minimum Gasteiger partial charge on any atom is -0.472 e. The first-order valence-corrected chi connectivity index (χ1v) is 9.10. The quantitative estimate of drug-likeness (QED) is 0.632. The number of benzene rings is 1. The largest absolute Gasteiger partial charge is 0.472 e. The van der Waals surface area contributed by atoms with Crippen molar-refractivity contribution in [1.82, 2.24) is 0 Å². The molecular weight excluding hydrogens is 294 g/mol. The highest BCUT2D eigenvalue weighted by molar-refractivity contribution is 5.96. The molecule has 0 saturated heterocycles. The van der Waals surface area contributed by atoms with Crippen LogP contribution in [0.25, 0.3) is 0 Å². The zero-order valence-corrected chi connectivity index (χ0v) is 17.2. The molecule has 0 spiro atoms.